The summed E-state index contributed by atoms with van der Waals surface area (Å²) >= 11 is 1.25. The highest BCUT2D eigenvalue weighted by Crippen LogP contribution is 2.26. The van der Waals surface area contributed by atoms with E-state index in [1.807, 2.05) is 78.2 Å². The third-order valence-corrected chi connectivity index (χ3v) is 7.04. The Hall–Kier alpha value is -4.31. The number of benzene rings is 2. The zero-order valence-corrected chi connectivity index (χ0v) is 21.5. The summed E-state index contributed by atoms with van der Waals surface area (Å²) < 4.78 is 10.7. The number of aryl methyl sites for hydroxylation is 1. The molecule has 0 aliphatic heterocycles. The van der Waals surface area contributed by atoms with E-state index in [9.17, 15) is 9.59 Å². The number of thioether (sulfide) groups is 1. The summed E-state index contributed by atoms with van der Waals surface area (Å²) in [6.45, 7) is 4.25. The summed E-state index contributed by atoms with van der Waals surface area (Å²) in [5, 5.41) is 12.1. The molecule has 0 aliphatic carbocycles. The van der Waals surface area contributed by atoms with E-state index < -0.39 is 0 Å². The Morgan fingerprint density at radius 3 is 2.46 bits per heavy atom. The molecular weight excluding hydrogens is 488 g/mol. The molecule has 5 aromatic rings. The summed E-state index contributed by atoms with van der Waals surface area (Å²) in [6.07, 6.45) is 1.62. The second kappa shape index (κ2) is 10.4. The van der Waals surface area contributed by atoms with Gasteiger partial charge in [0.15, 0.2) is 11.0 Å². The predicted octanol–water partition coefficient (Wildman–Crippen LogP) is 4.42. The van der Waals surface area contributed by atoms with Gasteiger partial charge in [-0.2, -0.15) is 0 Å². The number of carbonyl (C=O) groups excluding carboxylic acids is 1. The number of amides is 1. The van der Waals surface area contributed by atoms with E-state index in [-0.39, 0.29) is 22.9 Å². The van der Waals surface area contributed by atoms with E-state index in [1.165, 1.54) is 16.4 Å². The molecule has 0 unspecified atom stereocenters. The number of furan rings is 1. The van der Waals surface area contributed by atoms with Crippen LogP contribution in [0.5, 0.6) is 0 Å². The fourth-order valence-corrected chi connectivity index (χ4v) is 4.77. The molecule has 3 heterocycles. The number of nitrogens with one attached hydrogen (secondary N) is 1. The van der Waals surface area contributed by atoms with Gasteiger partial charge in [0, 0.05) is 12.6 Å². The molecule has 3 aromatic heterocycles. The number of hydrogen-bond acceptors (Lipinski definition) is 6. The minimum absolute atomic E-state index is 0.0588. The summed E-state index contributed by atoms with van der Waals surface area (Å²) in [4.78, 5) is 26.0. The Balaban J connectivity index is 1.36. The van der Waals surface area contributed by atoms with Crippen molar-refractivity contribution in [3.8, 4) is 17.1 Å². The lowest BCUT2D eigenvalue weighted by Crippen LogP contribution is -2.23. The van der Waals surface area contributed by atoms with Crippen LogP contribution in [-0.2, 0) is 18.4 Å². The van der Waals surface area contributed by atoms with Gasteiger partial charge in [-0.1, -0.05) is 59.8 Å². The van der Waals surface area contributed by atoms with Crippen molar-refractivity contribution in [2.24, 2.45) is 7.05 Å². The van der Waals surface area contributed by atoms with Gasteiger partial charge in [0.25, 0.3) is 5.56 Å². The minimum Gasteiger partial charge on any atom is -0.467 e. The lowest BCUT2D eigenvalue weighted by molar-refractivity contribution is -0.113. The summed E-state index contributed by atoms with van der Waals surface area (Å²) in [7, 11) is 1.79. The van der Waals surface area contributed by atoms with Gasteiger partial charge in [0.1, 0.15) is 11.4 Å². The lowest BCUT2D eigenvalue weighted by Gasteiger charge is -2.09. The largest absolute Gasteiger partial charge is 0.467 e. The van der Waals surface area contributed by atoms with Gasteiger partial charge in [0.05, 0.1) is 29.9 Å². The molecule has 0 aliphatic rings. The van der Waals surface area contributed by atoms with Gasteiger partial charge >= 0.3 is 0 Å². The van der Waals surface area contributed by atoms with Crippen LogP contribution in [0.1, 0.15) is 17.0 Å². The first-order valence-corrected chi connectivity index (χ1v) is 12.7. The van der Waals surface area contributed by atoms with Crippen LogP contribution >= 0.6 is 11.8 Å². The van der Waals surface area contributed by atoms with Crippen LogP contribution in [0.15, 0.2) is 87.4 Å². The van der Waals surface area contributed by atoms with Gasteiger partial charge < -0.3 is 9.73 Å². The first-order chi connectivity index (χ1) is 17.9. The van der Waals surface area contributed by atoms with Crippen LogP contribution in [-0.4, -0.2) is 35.8 Å². The molecule has 0 atom stereocenters. The van der Waals surface area contributed by atoms with E-state index >= 15 is 0 Å². The molecular formula is C27H26N6O3S. The molecule has 37 heavy (non-hydrogen) atoms. The number of anilines is 1. The molecule has 188 valence electrons. The molecule has 0 radical (unpaired) electrons. The normalized spacial score (nSPS) is 11.1. The standard InChI is InChI=1S/C27H26N6O3S/c1-18-11-13-20(14-12-18)25-29-30-27(32(25)16-22-10-7-15-36-22)37-17-23(34)28-24-19(2)31(3)33(26(24)35)21-8-5-4-6-9-21/h4-15H,16-17H2,1-3H3,(H,28,34). The summed E-state index contributed by atoms with van der Waals surface area (Å²) in [6, 6.07) is 21.1. The number of rotatable bonds is 8. The highest BCUT2D eigenvalue weighted by molar-refractivity contribution is 7.99. The Kier molecular flexibility index (Phi) is 6.82. The maximum Gasteiger partial charge on any atom is 0.295 e. The van der Waals surface area contributed by atoms with Crippen LogP contribution in [0.2, 0.25) is 0 Å². The van der Waals surface area contributed by atoms with Crippen LogP contribution in [0.4, 0.5) is 5.69 Å². The number of carbonyl (C=O) groups is 1. The molecule has 0 bridgehead atoms. The molecule has 9 nitrogen and oxygen atoms in total. The minimum atomic E-state index is -0.305. The first-order valence-electron chi connectivity index (χ1n) is 11.7. The maximum atomic E-state index is 13.1. The molecule has 0 saturated carbocycles. The van der Waals surface area contributed by atoms with E-state index in [4.69, 9.17) is 4.42 Å². The van der Waals surface area contributed by atoms with Crippen molar-refractivity contribution in [2.75, 3.05) is 11.1 Å². The van der Waals surface area contributed by atoms with Gasteiger partial charge in [-0.15, -0.1) is 10.2 Å². The van der Waals surface area contributed by atoms with Gasteiger partial charge in [-0.05, 0) is 38.1 Å². The average molecular weight is 515 g/mol. The van der Waals surface area contributed by atoms with Crippen LogP contribution in [0, 0.1) is 13.8 Å². The second-order valence-electron chi connectivity index (χ2n) is 8.61. The SMILES string of the molecule is Cc1ccc(-c2nnc(SCC(=O)Nc3c(C)n(C)n(-c4ccccc4)c3=O)n2Cc2ccco2)cc1. The van der Waals surface area contributed by atoms with Crippen molar-refractivity contribution in [2.45, 2.75) is 25.5 Å². The van der Waals surface area contributed by atoms with E-state index in [0.29, 0.717) is 23.2 Å². The Morgan fingerprint density at radius 1 is 1.00 bits per heavy atom. The van der Waals surface area contributed by atoms with Crippen molar-refractivity contribution < 1.29 is 9.21 Å². The molecule has 0 saturated heterocycles. The maximum absolute atomic E-state index is 13.1. The molecule has 5 rings (SSSR count). The Labute approximate surface area is 217 Å². The van der Waals surface area contributed by atoms with Gasteiger partial charge in [-0.25, -0.2) is 4.68 Å². The second-order valence-corrected chi connectivity index (χ2v) is 9.55. The predicted molar refractivity (Wildman–Crippen MR) is 143 cm³/mol. The van der Waals surface area contributed by atoms with Crippen molar-refractivity contribution in [3.05, 3.63) is 100 Å². The van der Waals surface area contributed by atoms with Gasteiger partial charge in [0.2, 0.25) is 5.91 Å². The molecule has 10 heteroatoms. The number of para-hydroxylation sites is 1. The highest BCUT2D eigenvalue weighted by Gasteiger charge is 2.20. The Bertz CT molecular complexity index is 1580. The third kappa shape index (κ3) is 5.01. The van der Waals surface area contributed by atoms with Crippen molar-refractivity contribution >= 4 is 23.4 Å². The van der Waals surface area contributed by atoms with Crippen LogP contribution < -0.4 is 10.9 Å². The van der Waals surface area contributed by atoms with Crippen LogP contribution in [0.3, 0.4) is 0 Å². The molecule has 1 amide bonds. The van der Waals surface area contributed by atoms with E-state index in [2.05, 4.69) is 15.5 Å². The zero-order chi connectivity index (χ0) is 25.9. The number of nitrogens with zero attached hydrogens (tertiary/aromatic N) is 5. The topological polar surface area (TPSA) is 99.9 Å². The smallest absolute Gasteiger partial charge is 0.295 e. The van der Waals surface area contributed by atoms with E-state index in [0.717, 1.165) is 22.6 Å². The highest BCUT2D eigenvalue weighted by atomic mass is 32.2. The molecule has 2 aromatic carbocycles. The van der Waals surface area contributed by atoms with Crippen molar-refractivity contribution in [3.63, 3.8) is 0 Å². The zero-order valence-electron chi connectivity index (χ0n) is 20.7. The molecule has 0 spiro atoms. The monoisotopic (exact) mass is 514 g/mol. The fraction of sp³-hybridized carbons (Fsp3) is 0.185. The van der Waals surface area contributed by atoms with Crippen molar-refractivity contribution in [1.82, 2.24) is 24.1 Å². The number of aromatic nitrogens is 5. The first kappa shape index (κ1) is 24.4. The molecule has 0 fully saturated rings. The molecule has 1 N–H and O–H groups in total. The summed E-state index contributed by atoms with van der Waals surface area (Å²) in [5.74, 6) is 1.19. The third-order valence-electron chi connectivity index (χ3n) is 6.07. The summed E-state index contributed by atoms with van der Waals surface area (Å²) in [5.41, 5.74) is 3.43. The van der Waals surface area contributed by atoms with Gasteiger partial charge in [-0.3, -0.25) is 18.8 Å². The lowest BCUT2D eigenvalue weighted by atomic mass is 10.1. The average Bonchev–Trinajstić information content (AvgIpc) is 3.61. The quantitative estimate of drug-likeness (QED) is 0.308. The van der Waals surface area contributed by atoms with E-state index in [1.54, 1.807) is 24.9 Å². The van der Waals surface area contributed by atoms with Crippen LogP contribution in [0.25, 0.3) is 17.1 Å². The number of hydrogen-bond donors (Lipinski definition) is 1. The Morgan fingerprint density at radius 2 is 1.76 bits per heavy atom. The van der Waals surface area contributed by atoms with Crippen molar-refractivity contribution in [1.29, 1.82) is 0 Å². The fourth-order valence-electron chi connectivity index (χ4n) is 4.03.